The number of fused-ring (bicyclic) bond motifs is 4. The molecule has 0 amide bonds. The van der Waals surface area contributed by atoms with Gasteiger partial charge in [0.15, 0.2) is 11.5 Å². The van der Waals surface area contributed by atoms with Crippen molar-refractivity contribution in [2.24, 2.45) is 0 Å². The lowest BCUT2D eigenvalue weighted by molar-refractivity contribution is 0.200. The van der Waals surface area contributed by atoms with E-state index in [4.69, 9.17) is 4.74 Å². The molecule has 0 radical (unpaired) electrons. The normalized spacial score (nSPS) is 20.1. The van der Waals surface area contributed by atoms with Gasteiger partial charge < -0.3 is 14.5 Å². The Morgan fingerprint density at radius 1 is 0.829 bits per heavy atom. The third-order valence-corrected chi connectivity index (χ3v) is 7.41. The maximum Gasteiger partial charge on any atom is 0.151 e. The van der Waals surface area contributed by atoms with Crippen LogP contribution >= 0.6 is 0 Å². The first-order valence-corrected chi connectivity index (χ1v) is 12.3. The Kier molecular flexibility index (Phi) is 4.79. The van der Waals surface area contributed by atoms with E-state index in [0.29, 0.717) is 12.1 Å². The Bertz CT molecular complexity index is 1400. The van der Waals surface area contributed by atoms with Crippen molar-refractivity contribution in [2.75, 3.05) is 4.90 Å². The number of benzene rings is 2. The van der Waals surface area contributed by atoms with E-state index in [1.54, 1.807) is 6.20 Å². The summed E-state index contributed by atoms with van der Waals surface area (Å²) >= 11 is 0. The summed E-state index contributed by atoms with van der Waals surface area (Å²) in [5.41, 5.74) is 7.07. The van der Waals surface area contributed by atoms with Gasteiger partial charge in [-0.25, -0.2) is 0 Å². The van der Waals surface area contributed by atoms with E-state index in [9.17, 15) is 0 Å². The number of aromatic nitrogens is 2. The number of anilines is 2. The highest BCUT2D eigenvalue weighted by Gasteiger charge is 2.40. The van der Waals surface area contributed by atoms with Crippen molar-refractivity contribution < 1.29 is 4.74 Å². The number of para-hydroxylation sites is 2. The number of rotatable bonds is 4. The maximum atomic E-state index is 6.43. The van der Waals surface area contributed by atoms with Gasteiger partial charge in [0.25, 0.3) is 0 Å². The zero-order valence-corrected chi connectivity index (χ0v) is 19.4. The molecule has 2 bridgehead atoms. The molecule has 3 aliphatic heterocycles. The van der Waals surface area contributed by atoms with Crippen molar-refractivity contribution in [3.8, 4) is 22.6 Å². The van der Waals surface area contributed by atoms with Crippen LogP contribution < -0.4 is 9.64 Å². The van der Waals surface area contributed by atoms with Crippen LogP contribution in [0.3, 0.4) is 0 Å². The summed E-state index contributed by atoms with van der Waals surface area (Å²) in [7, 11) is 0. The fourth-order valence-corrected chi connectivity index (χ4v) is 5.80. The van der Waals surface area contributed by atoms with Gasteiger partial charge in [-0.15, -0.1) is 0 Å². The summed E-state index contributed by atoms with van der Waals surface area (Å²) in [6.45, 7) is 0.884. The molecule has 0 saturated carbocycles. The number of hydrogen-bond acceptors (Lipinski definition) is 5. The lowest BCUT2D eigenvalue weighted by Crippen LogP contribution is -2.45. The molecule has 1 fully saturated rings. The summed E-state index contributed by atoms with van der Waals surface area (Å²) < 4.78 is 6.43. The van der Waals surface area contributed by atoms with E-state index >= 15 is 0 Å². The predicted octanol–water partition coefficient (Wildman–Crippen LogP) is 6.71. The predicted molar refractivity (Wildman–Crippen MR) is 138 cm³/mol. The molecule has 2 atom stereocenters. The summed E-state index contributed by atoms with van der Waals surface area (Å²) in [5, 5.41) is 0. The van der Waals surface area contributed by atoms with Gasteiger partial charge in [0, 0.05) is 48.4 Å². The summed E-state index contributed by atoms with van der Waals surface area (Å²) in [6.07, 6.45) is 11.3. The molecule has 2 aromatic heterocycles. The quantitative estimate of drug-likeness (QED) is 0.340. The van der Waals surface area contributed by atoms with E-state index in [1.165, 1.54) is 5.70 Å². The van der Waals surface area contributed by atoms with Crippen molar-refractivity contribution in [1.82, 2.24) is 14.9 Å². The third kappa shape index (κ3) is 3.55. The van der Waals surface area contributed by atoms with Crippen LogP contribution in [0.2, 0.25) is 0 Å². The minimum absolute atomic E-state index is 0.377. The van der Waals surface area contributed by atoms with Gasteiger partial charge in [0.1, 0.15) is 0 Å². The average Bonchev–Trinajstić information content (AvgIpc) is 3.14. The standard InChI is InChI=1S/C30H26N4O/c1-2-9-29-27(8-1)34(28-13-10-21(16-30(28)35-29)22-6-5-14-31-19-22)26-17-24-11-12-25(18-26)33(24)20-23-7-3-4-15-32-23/h1-11,13-16,19,25-26H,12,17-18,20H2/t25-,26-/m1/s1. The molecular formula is C30H26N4O. The zero-order chi connectivity index (χ0) is 23.2. The molecule has 5 heterocycles. The molecule has 4 aromatic rings. The van der Waals surface area contributed by atoms with Crippen LogP contribution in [0.25, 0.3) is 11.1 Å². The van der Waals surface area contributed by atoms with Crippen molar-refractivity contribution in [3.05, 3.63) is 109 Å². The van der Waals surface area contributed by atoms with Crippen LogP contribution in [0.5, 0.6) is 11.5 Å². The highest BCUT2D eigenvalue weighted by atomic mass is 16.5. The smallest absolute Gasteiger partial charge is 0.151 e. The van der Waals surface area contributed by atoms with Gasteiger partial charge in [0.05, 0.1) is 23.6 Å². The van der Waals surface area contributed by atoms with E-state index in [1.807, 2.05) is 24.5 Å². The number of ether oxygens (including phenoxy) is 1. The Morgan fingerprint density at radius 2 is 1.74 bits per heavy atom. The Balaban J connectivity index is 1.23. The molecule has 35 heavy (non-hydrogen) atoms. The maximum absolute atomic E-state index is 6.43. The first kappa shape index (κ1) is 20.3. The second-order valence-corrected chi connectivity index (χ2v) is 9.49. The third-order valence-electron chi connectivity index (χ3n) is 7.41. The second-order valence-electron chi connectivity index (χ2n) is 9.49. The summed E-state index contributed by atoms with van der Waals surface area (Å²) in [4.78, 5) is 13.9. The van der Waals surface area contributed by atoms with E-state index < -0.39 is 0 Å². The van der Waals surface area contributed by atoms with Crippen LogP contribution in [-0.4, -0.2) is 27.0 Å². The van der Waals surface area contributed by atoms with Gasteiger partial charge in [-0.2, -0.15) is 0 Å². The fourth-order valence-electron chi connectivity index (χ4n) is 5.80. The SMILES string of the molecule is C1=C2C[C@@H](N3c4ccccc4Oc4cc(-c5cccnc5)ccc43)C[C@@H](C1)N2Cc1ccccn1. The molecule has 1 saturated heterocycles. The average molecular weight is 459 g/mol. The highest BCUT2D eigenvalue weighted by molar-refractivity contribution is 5.81. The van der Waals surface area contributed by atoms with Gasteiger partial charge in [-0.05, 0) is 60.9 Å². The highest BCUT2D eigenvalue weighted by Crippen LogP contribution is 2.51. The van der Waals surface area contributed by atoms with Crippen molar-refractivity contribution >= 4 is 11.4 Å². The van der Waals surface area contributed by atoms with Crippen LogP contribution in [0.4, 0.5) is 11.4 Å². The minimum Gasteiger partial charge on any atom is -0.453 e. The molecule has 5 nitrogen and oxygen atoms in total. The minimum atomic E-state index is 0.377. The summed E-state index contributed by atoms with van der Waals surface area (Å²) in [6, 6.07) is 26.1. The Hall–Kier alpha value is -4.12. The molecule has 0 spiro atoms. The molecule has 0 aliphatic carbocycles. The fraction of sp³-hybridized carbons (Fsp3) is 0.200. The number of nitrogens with zero attached hydrogens (tertiary/aromatic N) is 4. The first-order chi connectivity index (χ1) is 17.3. The molecule has 2 aromatic carbocycles. The summed E-state index contributed by atoms with van der Waals surface area (Å²) in [5.74, 6) is 1.82. The van der Waals surface area contributed by atoms with Crippen LogP contribution in [0.15, 0.2) is 103 Å². The van der Waals surface area contributed by atoms with E-state index in [-0.39, 0.29) is 0 Å². The zero-order valence-electron chi connectivity index (χ0n) is 19.4. The lowest BCUT2D eigenvalue weighted by Gasteiger charge is -2.45. The monoisotopic (exact) mass is 458 g/mol. The Morgan fingerprint density at radius 3 is 2.60 bits per heavy atom. The molecule has 3 aliphatic rings. The van der Waals surface area contributed by atoms with Crippen molar-refractivity contribution in [2.45, 2.75) is 37.9 Å². The molecule has 172 valence electrons. The topological polar surface area (TPSA) is 41.5 Å². The van der Waals surface area contributed by atoms with Gasteiger partial charge in [0.2, 0.25) is 0 Å². The van der Waals surface area contributed by atoms with Crippen LogP contribution in [0.1, 0.15) is 25.0 Å². The van der Waals surface area contributed by atoms with Gasteiger partial charge >= 0.3 is 0 Å². The molecule has 0 unspecified atom stereocenters. The van der Waals surface area contributed by atoms with Crippen LogP contribution in [-0.2, 0) is 6.54 Å². The molecular weight excluding hydrogens is 432 g/mol. The van der Waals surface area contributed by atoms with E-state index in [2.05, 4.69) is 86.5 Å². The van der Waals surface area contributed by atoms with Gasteiger partial charge in [-0.1, -0.05) is 36.4 Å². The number of hydrogen-bond donors (Lipinski definition) is 0. The van der Waals surface area contributed by atoms with E-state index in [0.717, 1.165) is 65.5 Å². The molecule has 5 heteroatoms. The van der Waals surface area contributed by atoms with Gasteiger partial charge in [-0.3, -0.25) is 9.97 Å². The Labute approximate surface area is 205 Å². The van der Waals surface area contributed by atoms with Crippen molar-refractivity contribution in [1.29, 1.82) is 0 Å². The van der Waals surface area contributed by atoms with Crippen LogP contribution in [0, 0.1) is 0 Å². The molecule has 0 N–H and O–H groups in total. The second kappa shape index (κ2) is 8.27. The lowest BCUT2D eigenvalue weighted by atomic mass is 9.94. The largest absolute Gasteiger partial charge is 0.453 e. The number of pyridine rings is 2. The first-order valence-electron chi connectivity index (χ1n) is 12.3. The molecule has 7 rings (SSSR count). The van der Waals surface area contributed by atoms with Crippen molar-refractivity contribution in [3.63, 3.8) is 0 Å². The number of piperidine rings is 1.